The quantitative estimate of drug-likeness (QED) is 0.870. The fourth-order valence-corrected chi connectivity index (χ4v) is 3.19. The van der Waals surface area contributed by atoms with Crippen molar-refractivity contribution in [3.63, 3.8) is 0 Å². The molecule has 1 N–H and O–H groups in total. The molecule has 2 atom stereocenters. The number of ether oxygens (including phenoxy) is 2. The zero-order valence-corrected chi connectivity index (χ0v) is 14.2. The molecule has 0 radical (unpaired) electrons. The van der Waals surface area contributed by atoms with Crippen molar-refractivity contribution in [2.75, 3.05) is 20.3 Å². The Morgan fingerprint density at radius 2 is 2.12 bits per heavy atom. The summed E-state index contributed by atoms with van der Waals surface area (Å²) in [6.07, 6.45) is 4.69. The van der Waals surface area contributed by atoms with Crippen LogP contribution in [0.1, 0.15) is 41.5 Å². The zero-order chi connectivity index (χ0) is 17.2. The van der Waals surface area contributed by atoms with E-state index in [1.807, 2.05) is 24.3 Å². The summed E-state index contributed by atoms with van der Waals surface area (Å²) in [5, 5.41) is 6.78. The first-order chi connectivity index (χ1) is 12.2. The fourth-order valence-electron chi connectivity index (χ4n) is 3.19. The number of carbonyl (C=O) groups is 1. The Morgan fingerprint density at radius 1 is 1.32 bits per heavy atom. The average Bonchev–Trinajstić information content (AvgIpc) is 3.14. The van der Waals surface area contributed by atoms with E-state index in [2.05, 4.69) is 15.2 Å². The summed E-state index contributed by atoms with van der Waals surface area (Å²) < 4.78 is 11.2. The van der Waals surface area contributed by atoms with Crippen LogP contribution >= 0.6 is 0 Å². The number of benzene rings is 1. The molecular formula is C18H22N4O3. The number of nitrogens with one attached hydrogen (secondary N) is 1. The van der Waals surface area contributed by atoms with Crippen LogP contribution in [0.5, 0.6) is 5.75 Å². The van der Waals surface area contributed by atoms with Gasteiger partial charge >= 0.3 is 0 Å². The number of hydrogen-bond donors (Lipinski definition) is 1. The van der Waals surface area contributed by atoms with E-state index in [4.69, 9.17) is 9.47 Å². The Hall–Kier alpha value is -2.41. The molecule has 1 aliphatic heterocycles. The molecule has 2 fully saturated rings. The predicted octanol–water partition coefficient (Wildman–Crippen LogP) is 2.20. The van der Waals surface area contributed by atoms with Gasteiger partial charge in [-0.1, -0.05) is 0 Å². The maximum Gasteiger partial charge on any atom is 0.254 e. The average molecular weight is 342 g/mol. The van der Waals surface area contributed by atoms with Crippen LogP contribution in [-0.2, 0) is 4.74 Å². The van der Waals surface area contributed by atoms with Crippen molar-refractivity contribution < 1.29 is 14.3 Å². The van der Waals surface area contributed by atoms with Gasteiger partial charge in [-0.15, -0.1) is 0 Å². The molecule has 1 aromatic carbocycles. The molecule has 2 heterocycles. The molecule has 25 heavy (non-hydrogen) atoms. The van der Waals surface area contributed by atoms with Gasteiger partial charge in [0.05, 0.1) is 18.8 Å². The van der Waals surface area contributed by atoms with Crippen molar-refractivity contribution in [3.05, 3.63) is 42.0 Å². The van der Waals surface area contributed by atoms with Gasteiger partial charge in [-0.25, -0.2) is 4.98 Å². The molecule has 1 saturated heterocycles. The monoisotopic (exact) mass is 342 g/mol. The normalized spacial score (nSPS) is 23.0. The number of likely N-dealkylation sites (tertiary alicyclic amines) is 1. The van der Waals surface area contributed by atoms with Gasteiger partial charge < -0.3 is 14.4 Å². The molecule has 1 amide bonds. The third-order valence-corrected chi connectivity index (χ3v) is 4.89. The molecule has 1 aromatic heterocycles. The molecular weight excluding hydrogens is 320 g/mol. The Labute approximate surface area is 146 Å². The Balaban J connectivity index is 1.47. The number of aromatic nitrogens is 3. The van der Waals surface area contributed by atoms with Crippen molar-refractivity contribution in [1.82, 2.24) is 20.1 Å². The molecule has 2 aromatic rings. The topological polar surface area (TPSA) is 80.3 Å². The molecule has 7 heteroatoms. The molecule has 1 aliphatic carbocycles. The van der Waals surface area contributed by atoms with Crippen LogP contribution < -0.4 is 4.74 Å². The summed E-state index contributed by atoms with van der Waals surface area (Å²) >= 11 is 0. The zero-order valence-electron chi connectivity index (χ0n) is 14.2. The van der Waals surface area contributed by atoms with Gasteiger partial charge in [0, 0.05) is 25.6 Å². The van der Waals surface area contributed by atoms with Crippen LogP contribution in [0.15, 0.2) is 30.6 Å². The van der Waals surface area contributed by atoms with Crippen LogP contribution in [0.4, 0.5) is 0 Å². The Bertz CT molecular complexity index is 712. The van der Waals surface area contributed by atoms with E-state index >= 15 is 0 Å². The van der Waals surface area contributed by atoms with Crippen molar-refractivity contribution in [2.45, 2.75) is 31.4 Å². The van der Waals surface area contributed by atoms with E-state index in [0.717, 1.165) is 12.4 Å². The molecule has 132 valence electrons. The van der Waals surface area contributed by atoms with Crippen LogP contribution in [-0.4, -0.2) is 52.4 Å². The highest BCUT2D eigenvalue weighted by molar-refractivity contribution is 5.94. The van der Waals surface area contributed by atoms with Gasteiger partial charge in [-0.2, -0.15) is 5.10 Å². The largest absolute Gasteiger partial charge is 0.493 e. The summed E-state index contributed by atoms with van der Waals surface area (Å²) in [5.41, 5.74) is 0.639. The van der Waals surface area contributed by atoms with Gasteiger partial charge in [0.15, 0.2) is 0 Å². The second-order valence-electron chi connectivity index (χ2n) is 6.72. The highest BCUT2D eigenvalue weighted by Gasteiger charge is 2.38. The number of carbonyl (C=O) groups excluding carboxylic acids is 1. The fraction of sp³-hybridized carbons (Fsp3) is 0.500. The van der Waals surface area contributed by atoms with Gasteiger partial charge in [-0.3, -0.25) is 9.89 Å². The lowest BCUT2D eigenvalue weighted by Gasteiger charge is -2.22. The SMILES string of the molecule is CO[C@@H]1C[C@@H](c2ncn[nH]2)N(C(=O)c2ccc(OCC3CC3)cc2)C1. The smallest absolute Gasteiger partial charge is 0.254 e. The van der Waals surface area contributed by atoms with Crippen molar-refractivity contribution in [3.8, 4) is 5.75 Å². The lowest BCUT2D eigenvalue weighted by atomic mass is 10.1. The number of amides is 1. The van der Waals surface area contributed by atoms with Crippen LogP contribution in [0.25, 0.3) is 0 Å². The van der Waals surface area contributed by atoms with Crippen molar-refractivity contribution in [2.24, 2.45) is 5.92 Å². The number of aromatic amines is 1. The highest BCUT2D eigenvalue weighted by Crippen LogP contribution is 2.33. The summed E-state index contributed by atoms with van der Waals surface area (Å²) in [4.78, 5) is 19.0. The molecule has 4 rings (SSSR count). The minimum Gasteiger partial charge on any atom is -0.493 e. The van der Waals surface area contributed by atoms with Crippen molar-refractivity contribution >= 4 is 5.91 Å². The number of rotatable bonds is 6. The summed E-state index contributed by atoms with van der Waals surface area (Å²) in [5.74, 6) is 2.18. The molecule has 7 nitrogen and oxygen atoms in total. The maximum absolute atomic E-state index is 13.0. The van der Waals surface area contributed by atoms with Crippen molar-refractivity contribution in [1.29, 1.82) is 0 Å². The first-order valence-electron chi connectivity index (χ1n) is 8.66. The van der Waals surface area contributed by atoms with Crippen LogP contribution in [0.2, 0.25) is 0 Å². The van der Waals surface area contributed by atoms with E-state index in [1.54, 1.807) is 12.0 Å². The number of nitrogens with zero attached hydrogens (tertiary/aromatic N) is 3. The second kappa shape index (κ2) is 6.84. The molecule has 0 spiro atoms. The Morgan fingerprint density at radius 3 is 2.76 bits per heavy atom. The van der Waals surface area contributed by atoms with Gasteiger partial charge in [0.2, 0.25) is 0 Å². The molecule has 2 aliphatic rings. The van der Waals surface area contributed by atoms with E-state index in [0.29, 0.717) is 30.3 Å². The van der Waals surface area contributed by atoms with Crippen LogP contribution in [0, 0.1) is 5.92 Å². The second-order valence-corrected chi connectivity index (χ2v) is 6.72. The van der Waals surface area contributed by atoms with E-state index in [-0.39, 0.29) is 18.1 Å². The number of methoxy groups -OCH3 is 1. The minimum absolute atomic E-state index is 0.000184. The summed E-state index contributed by atoms with van der Waals surface area (Å²) in [7, 11) is 1.67. The van der Waals surface area contributed by atoms with Gasteiger partial charge in [-0.05, 0) is 43.0 Å². The molecule has 0 unspecified atom stereocenters. The first-order valence-corrected chi connectivity index (χ1v) is 8.66. The standard InChI is InChI=1S/C18H22N4O3/c1-24-15-8-16(17-19-11-20-21-17)22(9-15)18(23)13-4-6-14(7-5-13)25-10-12-2-3-12/h4-7,11-12,15-16H,2-3,8-10H2,1H3,(H,19,20,21)/t15-,16+/m1/s1. The van der Waals surface area contributed by atoms with Gasteiger partial charge in [0.25, 0.3) is 5.91 Å². The van der Waals surface area contributed by atoms with E-state index in [1.165, 1.54) is 19.2 Å². The highest BCUT2D eigenvalue weighted by atomic mass is 16.5. The number of hydrogen-bond acceptors (Lipinski definition) is 5. The number of H-pyrrole nitrogens is 1. The lowest BCUT2D eigenvalue weighted by molar-refractivity contribution is 0.0684. The molecule has 1 saturated carbocycles. The minimum atomic E-state index is -0.147. The first kappa shape index (κ1) is 16.1. The summed E-state index contributed by atoms with van der Waals surface area (Å²) in [6, 6.07) is 7.22. The van der Waals surface area contributed by atoms with Crippen LogP contribution in [0.3, 0.4) is 0 Å². The third-order valence-electron chi connectivity index (χ3n) is 4.89. The Kier molecular flexibility index (Phi) is 4.40. The maximum atomic E-state index is 13.0. The predicted molar refractivity (Wildman–Crippen MR) is 90.2 cm³/mol. The third kappa shape index (κ3) is 3.51. The van der Waals surface area contributed by atoms with Gasteiger partial charge in [0.1, 0.15) is 17.9 Å². The lowest BCUT2D eigenvalue weighted by Crippen LogP contribution is -2.32. The van der Waals surface area contributed by atoms with E-state index in [9.17, 15) is 4.79 Å². The molecule has 0 bridgehead atoms. The van der Waals surface area contributed by atoms with E-state index < -0.39 is 0 Å². The summed E-state index contributed by atoms with van der Waals surface area (Å²) in [6.45, 7) is 1.31.